The van der Waals surface area contributed by atoms with E-state index in [1.165, 1.54) is 77.0 Å². The fourth-order valence-corrected chi connectivity index (χ4v) is 3.01. The Morgan fingerprint density at radius 2 is 1.19 bits per heavy atom. The standard InChI is InChI=1S/C22H44O4.K.H3O4P.H/c1-4-5-6-7-8-9-10-11-12-13-14-15-16-17-22(25-18-20(2)3)26-19-21(23)24;;1-5(2,3)4;/h20,22H,4-19H2,1-3H3,(H,23,24);;(H3,1,2,3,4);/q;+1;;-1. The molecule has 4 N–H and O–H groups in total. The van der Waals surface area contributed by atoms with E-state index >= 15 is 0 Å². The van der Waals surface area contributed by atoms with E-state index in [0.717, 1.165) is 12.8 Å². The number of carboxylic acids is 1. The van der Waals surface area contributed by atoms with Crippen LogP contribution in [0, 0.1) is 5.92 Å². The summed E-state index contributed by atoms with van der Waals surface area (Å²) in [6.45, 7) is 6.77. The third-order valence-electron chi connectivity index (χ3n) is 4.55. The molecular weight excluding hydrogens is 462 g/mol. The molecule has 0 aromatic rings. The van der Waals surface area contributed by atoms with Gasteiger partial charge in [0.2, 0.25) is 0 Å². The maximum atomic E-state index is 10.7. The Bertz CT molecular complexity index is 444. The SMILES string of the molecule is CCCCCCCCCCCCCCCC(OCC(=O)O)OCC(C)C.O=P(O)(O)O.[H-].[K+]. The topological polar surface area (TPSA) is 134 Å². The number of phosphoric acid groups is 1. The van der Waals surface area contributed by atoms with E-state index in [0.29, 0.717) is 12.5 Å². The minimum atomic E-state index is -4.64. The Morgan fingerprint density at radius 1 is 0.812 bits per heavy atom. The number of unbranched alkanes of at least 4 members (excludes halogenated alkanes) is 12. The third kappa shape index (κ3) is 41.4. The van der Waals surface area contributed by atoms with Crippen LogP contribution in [-0.4, -0.2) is 45.3 Å². The Labute approximate surface area is 239 Å². The van der Waals surface area contributed by atoms with Crippen molar-refractivity contribution in [1.82, 2.24) is 0 Å². The molecule has 0 aromatic carbocycles. The van der Waals surface area contributed by atoms with Gasteiger partial charge < -0.3 is 30.7 Å². The molecule has 0 fully saturated rings. The molecule has 8 nitrogen and oxygen atoms in total. The van der Waals surface area contributed by atoms with E-state index in [9.17, 15) is 4.79 Å². The van der Waals surface area contributed by atoms with Gasteiger partial charge in [-0.05, 0) is 18.8 Å². The van der Waals surface area contributed by atoms with Crippen molar-refractivity contribution in [2.75, 3.05) is 13.2 Å². The molecule has 0 radical (unpaired) electrons. The summed E-state index contributed by atoms with van der Waals surface area (Å²) in [6, 6.07) is 0. The predicted molar refractivity (Wildman–Crippen MR) is 124 cm³/mol. The molecule has 0 saturated heterocycles. The van der Waals surface area contributed by atoms with Gasteiger partial charge in [0.25, 0.3) is 0 Å². The average Bonchev–Trinajstić information content (AvgIpc) is 2.65. The van der Waals surface area contributed by atoms with Gasteiger partial charge >= 0.3 is 65.2 Å². The molecule has 1 atom stereocenters. The van der Waals surface area contributed by atoms with Crippen LogP contribution >= 0.6 is 7.82 Å². The van der Waals surface area contributed by atoms with Crippen LogP contribution in [0.2, 0.25) is 0 Å². The van der Waals surface area contributed by atoms with Crippen molar-refractivity contribution < 1.29 is 91.4 Å². The summed E-state index contributed by atoms with van der Waals surface area (Å²) in [6.07, 6.45) is 17.7. The molecule has 10 heteroatoms. The first-order valence-electron chi connectivity index (χ1n) is 11.8. The van der Waals surface area contributed by atoms with E-state index < -0.39 is 13.8 Å². The van der Waals surface area contributed by atoms with Crippen LogP contribution in [-0.2, 0) is 18.8 Å². The van der Waals surface area contributed by atoms with Crippen LogP contribution in [0.3, 0.4) is 0 Å². The molecule has 0 aromatic heterocycles. The van der Waals surface area contributed by atoms with Crippen molar-refractivity contribution >= 4 is 13.8 Å². The number of ether oxygens (including phenoxy) is 2. The summed E-state index contributed by atoms with van der Waals surface area (Å²) in [5, 5.41) is 8.74. The quantitative estimate of drug-likeness (QED) is 0.0850. The minimum Gasteiger partial charge on any atom is -1.00 e. The molecule has 0 rings (SSSR count). The van der Waals surface area contributed by atoms with Gasteiger partial charge in [0.15, 0.2) is 6.29 Å². The molecule has 0 spiro atoms. The summed E-state index contributed by atoms with van der Waals surface area (Å²) >= 11 is 0. The Morgan fingerprint density at radius 3 is 1.53 bits per heavy atom. The van der Waals surface area contributed by atoms with E-state index in [-0.39, 0.29) is 65.7 Å². The molecule has 0 saturated carbocycles. The summed E-state index contributed by atoms with van der Waals surface area (Å²) in [5.74, 6) is -0.508. The van der Waals surface area contributed by atoms with E-state index in [2.05, 4.69) is 20.8 Å². The Balaban J connectivity index is -0.000000539. The largest absolute Gasteiger partial charge is 1.00 e. The van der Waals surface area contributed by atoms with Crippen LogP contribution in [0.1, 0.15) is 112 Å². The van der Waals surface area contributed by atoms with Gasteiger partial charge in [-0.15, -0.1) is 0 Å². The van der Waals surface area contributed by atoms with E-state index in [1.807, 2.05) is 0 Å². The normalized spacial score (nSPS) is 12.1. The van der Waals surface area contributed by atoms with Crippen molar-refractivity contribution in [3.8, 4) is 0 Å². The van der Waals surface area contributed by atoms with Gasteiger partial charge in [0.05, 0.1) is 6.61 Å². The fourth-order valence-electron chi connectivity index (χ4n) is 3.01. The van der Waals surface area contributed by atoms with Crippen molar-refractivity contribution in [3.05, 3.63) is 0 Å². The predicted octanol–water partition coefficient (Wildman–Crippen LogP) is 2.76. The molecule has 0 aliphatic heterocycles. The van der Waals surface area contributed by atoms with Crippen LogP contribution in [0.15, 0.2) is 0 Å². The molecule has 0 bridgehead atoms. The molecule has 190 valence electrons. The summed E-state index contributed by atoms with van der Waals surface area (Å²) in [7, 11) is -4.64. The average molecular weight is 511 g/mol. The molecule has 1 unspecified atom stereocenters. The number of carbonyl (C=O) groups is 1. The maximum absolute atomic E-state index is 10.7. The fraction of sp³-hybridized carbons (Fsp3) is 0.955. The van der Waals surface area contributed by atoms with Crippen molar-refractivity contribution in [2.24, 2.45) is 5.92 Å². The summed E-state index contributed by atoms with van der Waals surface area (Å²) in [5.41, 5.74) is 0. The van der Waals surface area contributed by atoms with Crippen LogP contribution in [0.5, 0.6) is 0 Å². The third-order valence-corrected chi connectivity index (χ3v) is 4.55. The van der Waals surface area contributed by atoms with Crippen LogP contribution in [0.25, 0.3) is 0 Å². The number of hydrogen-bond donors (Lipinski definition) is 4. The van der Waals surface area contributed by atoms with Crippen LogP contribution in [0.4, 0.5) is 0 Å². The van der Waals surface area contributed by atoms with Crippen molar-refractivity contribution in [3.63, 3.8) is 0 Å². The van der Waals surface area contributed by atoms with Crippen molar-refractivity contribution in [1.29, 1.82) is 0 Å². The molecule has 0 aliphatic carbocycles. The second-order valence-electron chi connectivity index (χ2n) is 8.41. The van der Waals surface area contributed by atoms with E-state index in [4.69, 9.17) is 33.8 Å². The first-order chi connectivity index (χ1) is 14.6. The van der Waals surface area contributed by atoms with Crippen LogP contribution < -0.4 is 51.4 Å². The Kier molecular flexibility index (Phi) is 31.5. The molecule has 0 heterocycles. The smallest absolute Gasteiger partial charge is 1.00 e. The monoisotopic (exact) mass is 510 g/mol. The van der Waals surface area contributed by atoms with Gasteiger partial charge in [-0.3, -0.25) is 0 Å². The van der Waals surface area contributed by atoms with E-state index in [1.54, 1.807) is 0 Å². The second-order valence-corrected chi connectivity index (χ2v) is 9.43. The molecular formula is C22H48KO8P. The first-order valence-corrected chi connectivity index (χ1v) is 13.4. The first kappa shape index (κ1) is 37.7. The number of aliphatic carboxylic acids is 1. The van der Waals surface area contributed by atoms with Crippen molar-refractivity contribution in [2.45, 2.75) is 117 Å². The molecule has 32 heavy (non-hydrogen) atoms. The zero-order chi connectivity index (χ0) is 24.0. The molecule has 0 aliphatic rings. The van der Waals surface area contributed by atoms with Gasteiger partial charge in [0, 0.05) is 0 Å². The van der Waals surface area contributed by atoms with Gasteiger partial charge in [-0.1, -0.05) is 97.8 Å². The zero-order valence-electron chi connectivity index (χ0n) is 21.8. The van der Waals surface area contributed by atoms with Gasteiger partial charge in [-0.2, -0.15) is 0 Å². The zero-order valence-corrected chi connectivity index (χ0v) is 24.9. The second kappa shape index (κ2) is 26.7. The maximum Gasteiger partial charge on any atom is 1.00 e. The Hall–Kier alpha value is 1.14. The number of carboxylic acid groups (broad SMARTS) is 1. The van der Waals surface area contributed by atoms with Gasteiger partial charge in [-0.25, -0.2) is 9.36 Å². The minimum absolute atomic E-state index is 0. The number of rotatable bonds is 20. The summed E-state index contributed by atoms with van der Waals surface area (Å²) < 4.78 is 19.9. The van der Waals surface area contributed by atoms with Gasteiger partial charge in [0.1, 0.15) is 6.61 Å². The molecule has 0 amide bonds. The number of hydrogen-bond acceptors (Lipinski definition) is 4. The summed E-state index contributed by atoms with van der Waals surface area (Å²) in [4.78, 5) is 32.2.